The Kier molecular flexibility index (Phi) is 11.3. The van der Waals surface area contributed by atoms with Gasteiger partial charge in [-0.2, -0.15) is 0 Å². The molecule has 1 atom stereocenters. The van der Waals surface area contributed by atoms with E-state index in [1.807, 2.05) is 0 Å². The van der Waals surface area contributed by atoms with E-state index in [0.29, 0.717) is 5.92 Å². The van der Waals surface area contributed by atoms with E-state index < -0.39 is 21.3 Å². The maximum atomic E-state index is 2.68. The van der Waals surface area contributed by atoms with Gasteiger partial charge in [-0.3, -0.25) is 0 Å². The number of halogens is 2. The van der Waals surface area contributed by atoms with Crippen LogP contribution in [0.15, 0.2) is 111 Å². The molecule has 6 rings (SSSR count). The molecule has 4 aromatic carbocycles. The molecule has 0 N–H and O–H groups in total. The van der Waals surface area contributed by atoms with Crippen molar-refractivity contribution in [3.8, 4) is 11.1 Å². The molecule has 4 aromatic rings. The van der Waals surface area contributed by atoms with Gasteiger partial charge in [0.05, 0.1) is 0 Å². The number of hydrogen-bond acceptors (Lipinski definition) is 0. The van der Waals surface area contributed by atoms with Crippen molar-refractivity contribution < 1.29 is 46.1 Å². The van der Waals surface area contributed by atoms with E-state index in [1.54, 1.807) is 20.9 Å². The van der Waals surface area contributed by atoms with Crippen LogP contribution in [0, 0.1) is 11.3 Å². The third-order valence-electron chi connectivity index (χ3n) is 10.2. The summed E-state index contributed by atoms with van der Waals surface area (Å²) in [6.45, 7) is 26.3. The monoisotopic (exact) mass is 752 g/mol. The summed E-state index contributed by atoms with van der Waals surface area (Å²) in [5.41, 5.74) is 15.0. The van der Waals surface area contributed by atoms with E-state index in [2.05, 4.69) is 173 Å². The van der Waals surface area contributed by atoms with Gasteiger partial charge >= 0.3 is 288 Å². The van der Waals surface area contributed by atoms with E-state index >= 15 is 0 Å². The van der Waals surface area contributed by atoms with Crippen LogP contribution >= 0.6 is 0 Å². The van der Waals surface area contributed by atoms with Crippen molar-refractivity contribution in [2.24, 2.45) is 11.3 Å². The van der Waals surface area contributed by atoms with Crippen molar-refractivity contribution in [3.63, 3.8) is 0 Å². The van der Waals surface area contributed by atoms with Gasteiger partial charge in [-0.15, -0.1) is 0 Å². The zero-order valence-corrected chi connectivity index (χ0v) is 34.7. The number of hydrogen-bond donors (Lipinski definition) is 0. The fourth-order valence-electron chi connectivity index (χ4n) is 7.65. The molecule has 0 heterocycles. The molecule has 48 heavy (non-hydrogen) atoms. The molecule has 250 valence electrons. The SMILES string of the molecule is CC1=[C]([Zr+2](=[C](c2ccccc2)c2ccccc2)[c]2cc(C(C)(C)C)cc3c2Cc2ccc(C(C)(C)C)cc2-3)C(C)C=C1C(C)(C)C.[Cl-].[Cl-]. The van der Waals surface area contributed by atoms with Crippen molar-refractivity contribution in [3.05, 3.63) is 145 Å². The normalized spacial score (nSPS) is 15.5. The summed E-state index contributed by atoms with van der Waals surface area (Å²) >= 11 is -2.90. The van der Waals surface area contributed by atoms with Crippen molar-refractivity contribution >= 4 is 6.48 Å². The second-order valence-electron chi connectivity index (χ2n) is 16.7. The molecule has 2 aliphatic rings. The van der Waals surface area contributed by atoms with Crippen LogP contribution in [-0.4, -0.2) is 3.21 Å². The van der Waals surface area contributed by atoms with Gasteiger partial charge in [0.1, 0.15) is 0 Å². The van der Waals surface area contributed by atoms with Gasteiger partial charge in [0.15, 0.2) is 0 Å². The molecule has 0 saturated carbocycles. The molecule has 0 aromatic heterocycles. The molecule has 0 bridgehead atoms. The maximum Gasteiger partial charge on any atom is -1.00 e. The molecular weight excluding hydrogens is 703 g/mol. The van der Waals surface area contributed by atoms with E-state index in [-0.39, 0.29) is 41.1 Å². The standard InChI is InChI=1S/C21H25.C13H10.C11H17.2ClH.Zr/c1-20(2,3)16-9-7-14-11-15-8-10-17(21(4,5)6)13-19(15)18(14)12-16;1-3-7-12(8-4-1)11-13-9-5-2-6-10-13;1-8-6-9(2)10(7-8)11(3,4)5;;;/h7,9-10,12-13H,11H2,1-6H3;1-10H;7-8H,1-5H3;2*1H;/q;;;;;+2/p-2. The molecule has 1 unspecified atom stereocenters. The smallest absolute Gasteiger partial charge is 1.00 e. The van der Waals surface area contributed by atoms with Crippen LogP contribution in [-0.2, 0) is 38.5 Å². The molecule has 3 heteroatoms. The number of fused-ring (bicyclic) bond motifs is 3. The molecule has 0 amide bonds. The second kappa shape index (κ2) is 14.1. The van der Waals surface area contributed by atoms with Crippen LogP contribution in [0.1, 0.15) is 110 Å². The number of rotatable bonds is 4. The Balaban J connectivity index is 0.00000260. The molecule has 0 fully saturated rings. The molecule has 0 spiro atoms. The minimum atomic E-state index is -2.90. The Labute approximate surface area is 311 Å². The molecular formula is C45H52Cl2Zr. The first kappa shape index (κ1) is 38.5. The zero-order valence-electron chi connectivity index (χ0n) is 30.8. The first-order valence-electron chi connectivity index (χ1n) is 17.2. The predicted octanol–water partition coefficient (Wildman–Crippen LogP) is 5.27. The van der Waals surface area contributed by atoms with Crippen LogP contribution in [0.4, 0.5) is 0 Å². The average Bonchev–Trinajstić information content (AvgIpc) is 3.51. The van der Waals surface area contributed by atoms with Gasteiger partial charge in [-0.1, -0.05) is 0 Å². The Morgan fingerprint density at radius 1 is 0.625 bits per heavy atom. The van der Waals surface area contributed by atoms with Crippen molar-refractivity contribution in [1.29, 1.82) is 0 Å². The van der Waals surface area contributed by atoms with Crippen molar-refractivity contribution in [2.75, 3.05) is 0 Å². The summed E-state index contributed by atoms with van der Waals surface area (Å²) in [6.07, 6.45) is 3.63. The minimum Gasteiger partial charge on any atom is -1.00 e. The van der Waals surface area contributed by atoms with Gasteiger partial charge in [0.25, 0.3) is 0 Å². The predicted molar refractivity (Wildman–Crippen MR) is 197 cm³/mol. The fourth-order valence-corrected chi connectivity index (χ4v) is 16.5. The van der Waals surface area contributed by atoms with Gasteiger partial charge in [-0.25, -0.2) is 0 Å². The molecule has 2 aliphatic carbocycles. The Morgan fingerprint density at radius 2 is 1.15 bits per heavy atom. The summed E-state index contributed by atoms with van der Waals surface area (Å²) in [5, 5.41) is 0. The fraction of sp³-hybridized carbons (Fsp3) is 0.356. The quantitative estimate of drug-likeness (QED) is 0.235. The minimum absolute atomic E-state index is 0. The van der Waals surface area contributed by atoms with Crippen LogP contribution in [0.25, 0.3) is 11.1 Å². The maximum absolute atomic E-state index is 2.90. The first-order valence-corrected chi connectivity index (χ1v) is 20.8. The van der Waals surface area contributed by atoms with Gasteiger partial charge in [-0.05, 0) is 0 Å². The van der Waals surface area contributed by atoms with Gasteiger partial charge in [0, 0.05) is 0 Å². The summed E-state index contributed by atoms with van der Waals surface area (Å²) in [5.74, 6) is 0.427. The third kappa shape index (κ3) is 7.27. The Bertz CT molecular complexity index is 1860. The van der Waals surface area contributed by atoms with Crippen LogP contribution in [0.3, 0.4) is 0 Å². The summed E-state index contributed by atoms with van der Waals surface area (Å²) < 4.78 is 5.02. The topological polar surface area (TPSA) is 0 Å². The average molecular weight is 755 g/mol. The molecule has 0 saturated heterocycles. The summed E-state index contributed by atoms with van der Waals surface area (Å²) in [7, 11) is 0. The van der Waals surface area contributed by atoms with Crippen molar-refractivity contribution in [1.82, 2.24) is 0 Å². The van der Waals surface area contributed by atoms with Crippen LogP contribution in [0.2, 0.25) is 0 Å². The Morgan fingerprint density at radius 3 is 1.62 bits per heavy atom. The van der Waals surface area contributed by atoms with Gasteiger partial charge < -0.3 is 24.8 Å². The first-order chi connectivity index (χ1) is 21.6. The molecule has 0 aliphatic heterocycles. The summed E-state index contributed by atoms with van der Waals surface area (Å²) in [6, 6.07) is 35.3. The van der Waals surface area contributed by atoms with Crippen molar-refractivity contribution in [2.45, 2.75) is 93.4 Å². The Hall–Kier alpha value is -2.31. The summed E-state index contributed by atoms with van der Waals surface area (Å²) in [4.78, 5) is 0. The molecule has 0 radical (unpaired) electrons. The number of benzene rings is 4. The van der Waals surface area contributed by atoms with E-state index in [0.717, 1.165) is 6.42 Å². The van der Waals surface area contributed by atoms with E-state index in [9.17, 15) is 0 Å². The second-order valence-corrected chi connectivity index (χ2v) is 22.5. The third-order valence-corrected chi connectivity index (χ3v) is 18.6. The van der Waals surface area contributed by atoms with Crippen LogP contribution < -0.4 is 28.1 Å². The van der Waals surface area contributed by atoms with E-state index in [1.165, 1.54) is 44.5 Å². The van der Waals surface area contributed by atoms with Gasteiger partial charge in [0.2, 0.25) is 0 Å². The zero-order chi connectivity index (χ0) is 33.2. The van der Waals surface area contributed by atoms with Crippen LogP contribution in [0.5, 0.6) is 0 Å². The van der Waals surface area contributed by atoms with E-state index in [4.69, 9.17) is 0 Å². The number of allylic oxidation sites excluding steroid dienone is 4. The molecule has 0 nitrogen and oxygen atoms in total. The largest absolute Gasteiger partial charge is 1.00 e.